The normalized spacial score (nSPS) is 14.0. The van der Waals surface area contributed by atoms with Crippen molar-refractivity contribution in [1.29, 1.82) is 0 Å². The summed E-state index contributed by atoms with van der Waals surface area (Å²) in [5.74, 6) is 0.688. The summed E-state index contributed by atoms with van der Waals surface area (Å²) < 4.78 is 24.7. The van der Waals surface area contributed by atoms with Gasteiger partial charge < -0.3 is 14.8 Å². The van der Waals surface area contributed by atoms with Crippen LogP contribution in [0.15, 0.2) is 66.7 Å². The highest BCUT2D eigenvalue weighted by Gasteiger charge is 2.21. The topological polar surface area (TPSA) is 47.6 Å². The first-order chi connectivity index (χ1) is 15.3. The Morgan fingerprint density at radius 3 is 2.12 bits per heavy atom. The number of rotatable bonds is 5. The number of amides is 1. The van der Waals surface area contributed by atoms with Crippen LogP contribution in [0, 0.1) is 5.82 Å². The van der Waals surface area contributed by atoms with Crippen LogP contribution in [0.2, 0.25) is 0 Å². The standard InChI is InChI=1S/C27H28FNO3/c1-27(2,3)20-8-4-18(5-9-20)23(19-6-10-21(28)11-7-19)17-26(30)29-22-12-13-24-25(16-22)32-15-14-31-24/h4-13,16,23H,14-15,17H2,1-3H3,(H,29,30). The van der Waals surface area contributed by atoms with Crippen LogP contribution in [0.4, 0.5) is 10.1 Å². The van der Waals surface area contributed by atoms with Gasteiger partial charge in [-0.2, -0.15) is 0 Å². The van der Waals surface area contributed by atoms with Gasteiger partial charge in [-0.15, -0.1) is 0 Å². The minimum Gasteiger partial charge on any atom is -0.486 e. The summed E-state index contributed by atoms with van der Waals surface area (Å²) in [6.45, 7) is 7.51. The lowest BCUT2D eigenvalue weighted by atomic mass is 9.83. The van der Waals surface area contributed by atoms with Crippen molar-refractivity contribution >= 4 is 11.6 Å². The number of carbonyl (C=O) groups excluding carboxylic acids is 1. The van der Waals surface area contributed by atoms with Gasteiger partial charge in [0, 0.05) is 24.1 Å². The van der Waals surface area contributed by atoms with Crippen LogP contribution in [0.1, 0.15) is 49.8 Å². The highest BCUT2D eigenvalue weighted by molar-refractivity contribution is 5.92. The van der Waals surface area contributed by atoms with Crippen LogP contribution in [0.3, 0.4) is 0 Å². The molecule has 0 radical (unpaired) electrons. The van der Waals surface area contributed by atoms with E-state index in [1.807, 2.05) is 0 Å². The molecule has 0 bridgehead atoms. The SMILES string of the molecule is CC(C)(C)c1ccc(C(CC(=O)Nc2ccc3c(c2)OCCO3)c2ccc(F)cc2)cc1. The zero-order valence-electron chi connectivity index (χ0n) is 18.7. The highest BCUT2D eigenvalue weighted by atomic mass is 19.1. The fourth-order valence-electron chi connectivity index (χ4n) is 3.86. The van der Waals surface area contributed by atoms with Crippen molar-refractivity contribution < 1.29 is 18.7 Å². The summed E-state index contributed by atoms with van der Waals surface area (Å²) in [4.78, 5) is 13.0. The van der Waals surface area contributed by atoms with Gasteiger partial charge in [0.25, 0.3) is 0 Å². The van der Waals surface area contributed by atoms with Gasteiger partial charge in [-0.05, 0) is 46.4 Å². The summed E-state index contributed by atoms with van der Waals surface area (Å²) >= 11 is 0. The van der Waals surface area contributed by atoms with Crippen molar-refractivity contribution in [2.75, 3.05) is 18.5 Å². The van der Waals surface area contributed by atoms with Crippen LogP contribution in [-0.2, 0) is 10.2 Å². The summed E-state index contributed by atoms with van der Waals surface area (Å²) in [6.07, 6.45) is 0.231. The fourth-order valence-corrected chi connectivity index (χ4v) is 3.86. The Kier molecular flexibility index (Phi) is 6.17. The van der Waals surface area contributed by atoms with Crippen molar-refractivity contribution in [2.24, 2.45) is 0 Å². The third-order valence-electron chi connectivity index (χ3n) is 5.67. The van der Waals surface area contributed by atoms with Crippen LogP contribution >= 0.6 is 0 Å². The molecule has 0 spiro atoms. The lowest BCUT2D eigenvalue weighted by Gasteiger charge is -2.22. The van der Waals surface area contributed by atoms with Crippen molar-refractivity contribution in [3.8, 4) is 11.5 Å². The summed E-state index contributed by atoms with van der Waals surface area (Å²) in [6, 6.07) is 20.1. The number of hydrogen-bond donors (Lipinski definition) is 1. The molecule has 1 unspecified atom stereocenters. The van der Waals surface area contributed by atoms with E-state index in [4.69, 9.17) is 9.47 Å². The van der Waals surface area contributed by atoms with Crippen molar-refractivity contribution in [3.63, 3.8) is 0 Å². The Morgan fingerprint density at radius 2 is 1.50 bits per heavy atom. The largest absolute Gasteiger partial charge is 0.486 e. The summed E-state index contributed by atoms with van der Waals surface area (Å²) in [7, 11) is 0. The van der Waals surface area contributed by atoms with Gasteiger partial charge in [0.2, 0.25) is 5.91 Å². The molecule has 1 heterocycles. The smallest absolute Gasteiger partial charge is 0.225 e. The van der Waals surface area contributed by atoms with E-state index in [-0.39, 0.29) is 29.5 Å². The molecule has 0 saturated carbocycles. The molecule has 3 aromatic carbocycles. The summed E-state index contributed by atoms with van der Waals surface area (Å²) in [5.41, 5.74) is 3.83. The second-order valence-corrected chi connectivity index (χ2v) is 9.09. The van der Waals surface area contributed by atoms with Crippen LogP contribution < -0.4 is 14.8 Å². The molecule has 1 aliphatic rings. The van der Waals surface area contributed by atoms with Gasteiger partial charge in [0.05, 0.1) is 0 Å². The second kappa shape index (κ2) is 9.03. The maximum absolute atomic E-state index is 13.5. The predicted octanol–water partition coefficient (Wildman–Crippen LogP) is 6.06. The number of hydrogen-bond acceptors (Lipinski definition) is 3. The molecule has 0 aliphatic carbocycles. The molecule has 1 atom stereocenters. The Hall–Kier alpha value is -3.34. The lowest BCUT2D eigenvalue weighted by molar-refractivity contribution is -0.116. The minimum atomic E-state index is -0.295. The number of halogens is 1. The third-order valence-corrected chi connectivity index (χ3v) is 5.67. The fraction of sp³-hybridized carbons (Fsp3) is 0.296. The molecule has 166 valence electrons. The average Bonchev–Trinajstić information content (AvgIpc) is 2.78. The third kappa shape index (κ3) is 5.10. The Bertz CT molecular complexity index is 1090. The molecule has 0 fully saturated rings. The minimum absolute atomic E-state index is 0.0412. The van der Waals surface area contributed by atoms with E-state index in [1.165, 1.54) is 17.7 Å². The van der Waals surface area contributed by atoms with Gasteiger partial charge in [0.1, 0.15) is 19.0 Å². The Morgan fingerprint density at radius 1 is 0.906 bits per heavy atom. The Balaban J connectivity index is 1.56. The molecule has 1 amide bonds. The van der Waals surface area contributed by atoms with E-state index in [9.17, 15) is 9.18 Å². The average molecular weight is 434 g/mol. The highest BCUT2D eigenvalue weighted by Crippen LogP contribution is 2.34. The number of carbonyl (C=O) groups is 1. The van der Waals surface area contributed by atoms with E-state index in [0.717, 1.165) is 11.1 Å². The van der Waals surface area contributed by atoms with Gasteiger partial charge in [-0.1, -0.05) is 57.2 Å². The number of ether oxygens (including phenoxy) is 2. The van der Waals surface area contributed by atoms with Gasteiger partial charge >= 0.3 is 0 Å². The molecule has 32 heavy (non-hydrogen) atoms. The number of nitrogens with one attached hydrogen (secondary N) is 1. The summed E-state index contributed by atoms with van der Waals surface area (Å²) in [5, 5.41) is 2.96. The molecule has 3 aromatic rings. The number of anilines is 1. The Labute approximate surface area is 188 Å². The molecule has 4 nitrogen and oxygen atoms in total. The first kappa shape index (κ1) is 21.9. The maximum atomic E-state index is 13.5. The van der Waals surface area contributed by atoms with E-state index < -0.39 is 0 Å². The maximum Gasteiger partial charge on any atom is 0.225 e. The molecule has 5 heteroatoms. The van der Waals surface area contributed by atoms with Crippen LogP contribution in [0.5, 0.6) is 11.5 Å². The molecule has 0 saturated heterocycles. The van der Waals surface area contributed by atoms with Crippen molar-refractivity contribution in [1.82, 2.24) is 0 Å². The molecule has 1 N–H and O–H groups in total. The lowest BCUT2D eigenvalue weighted by Crippen LogP contribution is -2.18. The zero-order valence-corrected chi connectivity index (χ0v) is 18.7. The first-order valence-electron chi connectivity index (χ1n) is 10.8. The predicted molar refractivity (Wildman–Crippen MR) is 124 cm³/mol. The molecule has 1 aliphatic heterocycles. The number of fused-ring (bicyclic) bond motifs is 1. The van der Waals surface area contributed by atoms with Crippen LogP contribution in [-0.4, -0.2) is 19.1 Å². The van der Waals surface area contributed by atoms with E-state index in [1.54, 1.807) is 30.3 Å². The molecule has 0 aromatic heterocycles. The van der Waals surface area contributed by atoms with Crippen molar-refractivity contribution in [3.05, 3.63) is 89.2 Å². The van der Waals surface area contributed by atoms with Gasteiger partial charge in [-0.25, -0.2) is 4.39 Å². The zero-order chi connectivity index (χ0) is 22.7. The monoisotopic (exact) mass is 433 g/mol. The molecule has 4 rings (SSSR count). The molecular formula is C27H28FNO3. The van der Waals surface area contributed by atoms with E-state index in [2.05, 4.69) is 50.4 Å². The van der Waals surface area contributed by atoms with Gasteiger partial charge in [0.15, 0.2) is 11.5 Å². The molecular weight excluding hydrogens is 405 g/mol. The second-order valence-electron chi connectivity index (χ2n) is 9.09. The van der Waals surface area contributed by atoms with Gasteiger partial charge in [-0.3, -0.25) is 4.79 Å². The quantitative estimate of drug-likeness (QED) is 0.532. The van der Waals surface area contributed by atoms with Crippen molar-refractivity contribution in [2.45, 2.75) is 38.5 Å². The number of benzene rings is 3. The van der Waals surface area contributed by atoms with E-state index in [0.29, 0.717) is 30.4 Å². The van der Waals surface area contributed by atoms with E-state index >= 15 is 0 Å². The first-order valence-corrected chi connectivity index (χ1v) is 10.8. The van der Waals surface area contributed by atoms with Crippen LogP contribution in [0.25, 0.3) is 0 Å².